The van der Waals surface area contributed by atoms with Crippen molar-refractivity contribution in [3.05, 3.63) is 23.8 Å². The molecule has 0 amide bonds. The average molecular weight is 122 g/mol. The highest BCUT2D eigenvalue weighted by Gasteiger charge is 1.99. The lowest BCUT2D eigenvalue weighted by atomic mass is 9.97. The second-order valence-corrected chi connectivity index (χ2v) is 2.70. The van der Waals surface area contributed by atoms with Crippen LogP contribution < -0.4 is 0 Å². The molecule has 50 valence electrons. The van der Waals surface area contributed by atoms with Crippen molar-refractivity contribution < 1.29 is 0 Å². The maximum absolute atomic E-state index is 2.34. The van der Waals surface area contributed by atoms with E-state index in [2.05, 4.69) is 32.1 Å². The molecule has 0 fully saturated rings. The molecular formula is C9H14. The van der Waals surface area contributed by atoms with Crippen molar-refractivity contribution in [2.24, 2.45) is 5.92 Å². The van der Waals surface area contributed by atoms with Gasteiger partial charge in [-0.3, -0.25) is 0 Å². The Morgan fingerprint density at radius 2 is 2.44 bits per heavy atom. The summed E-state index contributed by atoms with van der Waals surface area (Å²) in [6, 6.07) is 0. The summed E-state index contributed by atoms with van der Waals surface area (Å²) < 4.78 is 0. The third kappa shape index (κ3) is 1.70. The van der Waals surface area contributed by atoms with E-state index < -0.39 is 0 Å². The van der Waals surface area contributed by atoms with Crippen molar-refractivity contribution in [2.45, 2.75) is 26.7 Å². The molecule has 0 unspecified atom stereocenters. The molecule has 0 heteroatoms. The lowest BCUT2D eigenvalue weighted by Crippen LogP contribution is -1.92. The fraction of sp³-hybridized carbons (Fsp3) is 0.556. The number of hydrogen-bond donors (Lipinski definition) is 0. The van der Waals surface area contributed by atoms with Crippen LogP contribution in [0.3, 0.4) is 0 Å². The van der Waals surface area contributed by atoms with Gasteiger partial charge in [-0.25, -0.2) is 0 Å². The maximum atomic E-state index is 2.34. The third-order valence-corrected chi connectivity index (χ3v) is 1.80. The second kappa shape index (κ2) is 2.86. The Hall–Kier alpha value is -0.520. The van der Waals surface area contributed by atoms with E-state index in [1.165, 1.54) is 18.4 Å². The van der Waals surface area contributed by atoms with Crippen LogP contribution in [0.2, 0.25) is 0 Å². The summed E-state index contributed by atoms with van der Waals surface area (Å²) in [6.07, 6.45) is 9.29. The molecule has 0 nitrogen and oxygen atoms in total. The lowest BCUT2D eigenvalue weighted by Gasteiger charge is -2.09. The fourth-order valence-corrected chi connectivity index (χ4v) is 1.03. The maximum Gasteiger partial charge on any atom is -0.0224 e. The van der Waals surface area contributed by atoms with Gasteiger partial charge in [-0.15, -0.1) is 0 Å². The van der Waals surface area contributed by atoms with Crippen molar-refractivity contribution in [1.82, 2.24) is 0 Å². The van der Waals surface area contributed by atoms with E-state index in [9.17, 15) is 0 Å². The molecule has 0 aliphatic heterocycles. The molecule has 1 atom stereocenters. The molecule has 9 heavy (non-hydrogen) atoms. The van der Waals surface area contributed by atoms with Crippen LogP contribution in [0, 0.1) is 5.92 Å². The van der Waals surface area contributed by atoms with Gasteiger partial charge in [-0.1, -0.05) is 37.6 Å². The van der Waals surface area contributed by atoms with Gasteiger partial charge in [-0.2, -0.15) is 0 Å². The van der Waals surface area contributed by atoms with Gasteiger partial charge < -0.3 is 0 Å². The Morgan fingerprint density at radius 1 is 1.67 bits per heavy atom. The number of hydrogen-bond acceptors (Lipinski definition) is 0. The molecule has 0 aromatic rings. The minimum absolute atomic E-state index is 0.764. The summed E-state index contributed by atoms with van der Waals surface area (Å²) in [7, 11) is 0. The van der Waals surface area contributed by atoms with Crippen LogP contribution in [-0.2, 0) is 0 Å². The predicted octanol–water partition coefficient (Wildman–Crippen LogP) is 2.92. The molecule has 0 saturated heterocycles. The van der Waals surface area contributed by atoms with Gasteiger partial charge in [0.15, 0.2) is 0 Å². The third-order valence-electron chi connectivity index (χ3n) is 1.80. The Bertz CT molecular complexity index is 140. The molecule has 0 saturated carbocycles. The zero-order chi connectivity index (χ0) is 6.69. The standard InChI is InChI=1S/C9H14/c1-3-9-6-4-8(2)5-7-9/h4,6-8H,3,5H2,1-2H3/t8-/m1/s1. The monoisotopic (exact) mass is 122 g/mol. The first-order valence-corrected chi connectivity index (χ1v) is 3.70. The molecule has 1 rings (SSSR count). The molecule has 0 aromatic carbocycles. The normalized spacial score (nSPS) is 26.0. The smallest absolute Gasteiger partial charge is 0.0224 e. The van der Waals surface area contributed by atoms with E-state index >= 15 is 0 Å². The molecule has 0 spiro atoms. The van der Waals surface area contributed by atoms with Gasteiger partial charge in [0.1, 0.15) is 0 Å². The molecule has 0 bridgehead atoms. The minimum Gasteiger partial charge on any atom is -0.0811 e. The summed E-state index contributed by atoms with van der Waals surface area (Å²) in [6.45, 7) is 4.45. The van der Waals surface area contributed by atoms with Crippen molar-refractivity contribution in [3.63, 3.8) is 0 Å². The predicted molar refractivity (Wildman–Crippen MR) is 41.3 cm³/mol. The summed E-state index contributed by atoms with van der Waals surface area (Å²) >= 11 is 0. The van der Waals surface area contributed by atoms with E-state index in [-0.39, 0.29) is 0 Å². The topological polar surface area (TPSA) is 0 Å². The minimum atomic E-state index is 0.764. The van der Waals surface area contributed by atoms with Crippen molar-refractivity contribution in [1.29, 1.82) is 0 Å². The second-order valence-electron chi connectivity index (χ2n) is 2.70. The van der Waals surface area contributed by atoms with E-state index in [0.717, 1.165) is 5.92 Å². The molecule has 0 radical (unpaired) electrons. The largest absolute Gasteiger partial charge is 0.0811 e. The number of allylic oxidation sites excluding steroid dienone is 4. The molecule has 0 heterocycles. The molecule has 0 aromatic heterocycles. The van der Waals surface area contributed by atoms with Crippen LogP contribution in [0.25, 0.3) is 0 Å². The number of rotatable bonds is 1. The van der Waals surface area contributed by atoms with Gasteiger partial charge in [0.2, 0.25) is 0 Å². The Morgan fingerprint density at radius 3 is 2.89 bits per heavy atom. The van der Waals surface area contributed by atoms with Gasteiger partial charge in [-0.05, 0) is 18.8 Å². The van der Waals surface area contributed by atoms with Gasteiger partial charge in [0.05, 0.1) is 0 Å². The zero-order valence-corrected chi connectivity index (χ0v) is 6.22. The van der Waals surface area contributed by atoms with E-state index in [1.54, 1.807) is 0 Å². The summed E-state index contributed by atoms with van der Waals surface area (Å²) in [4.78, 5) is 0. The Balaban J connectivity index is 2.52. The quantitative estimate of drug-likeness (QED) is 0.501. The van der Waals surface area contributed by atoms with Gasteiger partial charge in [0, 0.05) is 0 Å². The van der Waals surface area contributed by atoms with Crippen LogP contribution in [0.1, 0.15) is 26.7 Å². The van der Waals surface area contributed by atoms with Gasteiger partial charge >= 0.3 is 0 Å². The highest BCUT2D eigenvalue weighted by molar-refractivity contribution is 5.22. The Kier molecular flexibility index (Phi) is 2.10. The van der Waals surface area contributed by atoms with Crippen LogP contribution in [0.15, 0.2) is 23.8 Å². The molecule has 0 N–H and O–H groups in total. The van der Waals surface area contributed by atoms with Crippen LogP contribution >= 0.6 is 0 Å². The highest BCUT2D eigenvalue weighted by Crippen LogP contribution is 2.16. The van der Waals surface area contributed by atoms with E-state index in [4.69, 9.17) is 0 Å². The first kappa shape index (κ1) is 6.60. The average Bonchev–Trinajstić information content (AvgIpc) is 1.90. The van der Waals surface area contributed by atoms with Gasteiger partial charge in [0.25, 0.3) is 0 Å². The summed E-state index contributed by atoms with van der Waals surface area (Å²) in [5, 5.41) is 0. The van der Waals surface area contributed by atoms with Crippen molar-refractivity contribution >= 4 is 0 Å². The summed E-state index contributed by atoms with van der Waals surface area (Å²) in [5.74, 6) is 0.764. The van der Waals surface area contributed by atoms with Crippen LogP contribution in [0.4, 0.5) is 0 Å². The molecular weight excluding hydrogens is 108 g/mol. The molecule has 1 aliphatic rings. The SMILES string of the molecule is CCC1=CC[C@H](C)C=C1. The zero-order valence-electron chi connectivity index (χ0n) is 6.22. The lowest BCUT2D eigenvalue weighted by molar-refractivity contribution is 0.727. The summed E-state index contributed by atoms with van der Waals surface area (Å²) in [5.41, 5.74) is 1.49. The van der Waals surface area contributed by atoms with E-state index in [1.807, 2.05) is 0 Å². The van der Waals surface area contributed by atoms with Crippen molar-refractivity contribution in [3.8, 4) is 0 Å². The van der Waals surface area contributed by atoms with Crippen molar-refractivity contribution in [2.75, 3.05) is 0 Å². The highest BCUT2D eigenvalue weighted by atomic mass is 14.1. The van der Waals surface area contributed by atoms with Crippen LogP contribution in [-0.4, -0.2) is 0 Å². The van der Waals surface area contributed by atoms with E-state index in [0.29, 0.717) is 0 Å². The first-order valence-electron chi connectivity index (χ1n) is 3.70. The Labute approximate surface area is 57.3 Å². The first-order chi connectivity index (χ1) is 4.33. The molecule has 1 aliphatic carbocycles. The fourth-order valence-electron chi connectivity index (χ4n) is 1.03. The van der Waals surface area contributed by atoms with Crippen LogP contribution in [0.5, 0.6) is 0 Å².